The number of carbonyl (C=O) groups excluding carboxylic acids is 1. The van der Waals surface area contributed by atoms with Gasteiger partial charge < -0.3 is 15.5 Å². The third kappa shape index (κ3) is 2.59. The number of urea groups is 1. The summed E-state index contributed by atoms with van der Waals surface area (Å²) in [5.74, 6) is 0. The Kier molecular flexibility index (Phi) is 3.54. The first-order valence-electron chi connectivity index (χ1n) is 4.83. The van der Waals surface area contributed by atoms with Crippen molar-refractivity contribution in [1.29, 1.82) is 0 Å². The van der Waals surface area contributed by atoms with E-state index in [1.807, 2.05) is 0 Å². The molecule has 1 aliphatic rings. The first kappa shape index (κ1) is 10.3. The first-order valence-corrected chi connectivity index (χ1v) is 4.83. The lowest BCUT2D eigenvalue weighted by atomic mass is 9.98. The van der Waals surface area contributed by atoms with Crippen LogP contribution in [0.3, 0.4) is 0 Å². The highest BCUT2D eigenvalue weighted by molar-refractivity contribution is 5.73. The minimum absolute atomic E-state index is 0.0767. The van der Waals surface area contributed by atoms with Crippen LogP contribution in [-0.4, -0.2) is 43.7 Å². The van der Waals surface area contributed by atoms with Gasteiger partial charge in [-0.1, -0.05) is 0 Å². The number of nitrogens with one attached hydrogen (secondary N) is 2. The molecule has 76 valence electrons. The molecule has 2 atom stereocenters. The van der Waals surface area contributed by atoms with Gasteiger partial charge in [-0.2, -0.15) is 0 Å². The Morgan fingerprint density at radius 1 is 1.54 bits per heavy atom. The Morgan fingerprint density at radius 2 is 2.23 bits per heavy atom. The standard InChI is InChI=1S/C9H19N3O/c1-7-8(11-9(13)10-2)5-4-6-12(7)3/h7-8H,4-6H2,1-3H3,(H2,10,11,13). The highest BCUT2D eigenvalue weighted by Gasteiger charge is 2.25. The van der Waals surface area contributed by atoms with Crippen LogP contribution in [0.25, 0.3) is 0 Å². The molecule has 1 heterocycles. The summed E-state index contributed by atoms with van der Waals surface area (Å²) >= 11 is 0. The van der Waals surface area contributed by atoms with Crippen molar-refractivity contribution in [3.05, 3.63) is 0 Å². The molecule has 13 heavy (non-hydrogen) atoms. The topological polar surface area (TPSA) is 44.4 Å². The molecular formula is C9H19N3O. The summed E-state index contributed by atoms with van der Waals surface area (Å²) in [6.07, 6.45) is 2.24. The predicted molar refractivity (Wildman–Crippen MR) is 52.7 cm³/mol. The molecule has 0 aromatic rings. The molecule has 1 aliphatic heterocycles. The van der Waals surface area contributed by atoms with E-state index in [2.05, 4.69) is 29.5 Å². The van der Waals surface area contributed by atoms with Crippen LogP contribution in [0.4, 0.5) is 4.79 Å². The van der Waals surface area contributed by atoms with E-state index >= 15 is 0 Å². The zero-order chi connectivity index (χ0) is 9.84. The van der Waals surface area contributed by atoms with Gasteiger partial charge in [0.15, 0.2) is 0 Å². The van der Waals surface area contributed by atoms with E-state index in [0.717, 1.165) is 19.4 Å². The smallest absolute Gasteiger partial charge is 0.314 e. The molecular weight excluding hydrogens is 166 g/mol. The van der Waals surface area contributed by atoms with Gasteiger partial charge in [0, 0.05) is 19.1 Å². The van der Waals surface area contributed by atoms with Crippen molar-refractivity contribution in [2.75, 3.05) is 20.6 Å². The summed E-state index contributed by atoms with van der Waals surface area (Å²) in [7, 11) is 3.74. The van der Waals surface area contributed by atoms with Gasteiger partial charge in [0.1, 0.15) is 0 Å². The molecule has 0 spiro atoms. The summed E-state index contributed by atoms with van der Waals surface area (Å²) in [6, 6.07) is 0.650. The summed E-state index contributed by atoms with van der Waals surface area (Å²) < 4.78 is 0. The third-order valence-corrected chi connectivity index (χ3v) is 2.85. The fourth-order valence-corrected chi connectivity index (χ4v) is 1.75. The minimum atomic E-state index is -0.0767. The lowest BCUT2D eigenvalue weighted by Gasteiger charge is -2.37. The molecule has 1 fully saturated rings. The second-order valence-electron chi connectivity index (χ2n) is 3.69. The molecule has 1 saturated heterocycles. The van der Waals surface area contributed by atoms with Gasteiger partial charge in [-0.3, -0.25) is 0 Å². The number of likely N-dealkylation sites (tertiary alicyclic amines) is 1. The zero-order valence-electron chi connectivity index (χ0n) is 8.63. The second kappa shape index (κ2) is 4.46. The number of hydrogen-bond donors (Lipinski definition) is 2. The first-order chi connectivity index (χ1) is 6.15. The molecule has 1 rings (SSSR count). The van der Waals surface area contributed by atoms with Crippen LogP contribution in [0.1, 0.15) is 19.8 Å². The van der Waals surface area contributed by atoms with Crippen molar-refractivity contribution in [3.8, 4) is 0 Å². The highest BCUT2D eigenvalue weighted by Crippen LogP contribution is 2.14. The van der Waals surface area contributed by atoms with Gasteiger partial charge in [0.05, 0.1) is 0 Å². The Morgan fingerprint density at radius 3 is 2.85 bits per heavy atom. The molecule has 0 aromatic carbocycles. The summed E-state index contributed by atoms with van der Waals surface area (Å²) in [4.78, 5) is 13.4. The summed E-state index contributed by atoms with van der Waals surface area (Å²) in [5.41, 5.74) is 0. The molecule has 0 aliphatic carbocycles. The maximum Gasteiger partial charge on any atom is 0.314 e. The van der Waals surface area contributed by atoms with E-state index in [1.54, 1.807) is 7.05 Å². The number of carbonyl (C=O) groups is 1. The molecule has 2 amide bonds. The molecule has 0 aromatic heterocycles. The van der Waals surface area contributed by atoms with Crippen LogP contribution in [0.2, 0.25) is 0 Å². The maximum absolute atomic E-state index is 11.1. The number of hydrogen-bond acceptors (Lipinski definition) is 2. The van der Waals surface area contributed by atoms with Crippen LogP contribution >= 0.6 is 0 Å². The number of rotatable bonds is 1. The molecule has 0 saturated carbocycles. The van der Waals surface area contributed by atoms with Crippen LogP contribution in [0.5, 0.6) is 0 Å². The maximum atomic E-state index is 11.1. The number of piperidine rings is 1. The quantitative estimate of drug-likeness (QED) is 0.621. The SMILES string of the molecule is CNC(=O)NC1CCCN(C)C1C. The fraction of sp³-hybridized carbons (Fsp3) is 0.889. The Balaban J connectivity index is 2.43. The lowest BCUT2D eigenvalue weighted by Crippen LogP contribution is -2.54. The van der Waals surface area contributed by atoms with Crippen molar-refractivity contribution < 1.29 is 4.79 Å². The Labute approximate surface area is 79.7 Å². The molecule has 0 bridgehead atoms. The van der Waals surface area contributed by atoms with Gasteiger partial charge in [0.25, 0.3) is 0 Å². The van der Waals surface area contributed by atoms with Crippen molar-refractivity contribution in [3.63, 3.8) is 0 Å². The van der Waals surface area contributed by atoms with E-state index in [0.29, 0.717) is 12.1 Å². The normalized spacial score (nSPS) is 29.8. The van der Waals surface area contributed by atoms with Gasteiger partial charge in [-0.15, -0.1) is 0 Å². The van der Waals surface area contributed by atoms with Crippen LogP contribution in [-0.2, 0) is 0 Å². The van der Waals surface area contributed by atoms with Crippen molar-refractivity contribution in [2.45, 2.75) is 31.8 Å². The minimum Gasteiger partial charge on any atom is -0.341 e. The molecule has 0 radical (unpaired) electrons. The number of amides is 2. The van der Waals surface area contributed by atoms with E-state index in [1.165, 1.54) is 0 Å². The van der Waals surface area contributed by atoms with Crippen molar-refractivity contribution >= 4 is 6.03 Å². The number of likely N-dealkylation sites (N-methyl/N-ethyl adjacent to an activating group) is 1. The van der Waals surface area contributed by atoms with E-state index in [4.69, 9.17) is 0 Å². The Hall–Kier alpha value is -0.770. The summed E-state index contributed by atoms with van der Waals surface area (Å²) in [5, 5.41) is 5.54. The van der Waals surface area contributed by atoms with Crippen LogP contribution < -0.4 is 10.6 Å². The van der Waals surface area contributed by atoms with Gasteiger partial charge in [0.2, 0.25) is 0 Å². The van der Waals surface area contributed by atoms with E-state index in [9.17, 15) is 4.79 Å². The summed E-state index contributed by atoms with van der Waals surface area (Å²) in [6.45, 7) is 3.28. The number of nitrogens with zero attached hydrogens (tertiary/aromatic N) is 1. The predicted octanol–water partition coefficient (Wildman–Crippen LogP) is 0.398. The average molecular weight is 185 g/mol. The van der Waals surface area contributed by atoms with Crippen LogP contribution in [0.15, 0.2) is 0 Å². The monoisotopic (exact) mass is 185 g/mol. The van der Waals surface area contributed by atoms with Crippen molar-refractivity contribution in [1.82, 2.24) is 15.5 Å². The molecule has 2 unspecified atom stereocenters. The fourth-order valence-electron chi connectivity index (χ4n) is 1.75. The van der Waals surface area contributed by atoms with Crippen molar-refractivity contribution in [2.24, 2.45) is 0 Å². The average Bonchev–Trinajstić information content (AvgIpc) is 2.13. The molecule has 4 nitrogen and oxygen atoms in total. The lowest BCUT2D eigenvalue weighted by molar-refractivity contribution is 0.155. The van der Waals surface area contributed by atoms with Gasteiger partial charge >= 0.3 is 6.03 Å². The molecule has 2 N–H and O–H groups in total. The van der Waals surface area contributed by atoms with E-state index in [-0.39, 0.29) is 6.03 Å². The largest absolute Gasteiger partial charge is 0.341 e. The van der Waals surface area contributed by atoms with Gasteiger partial charge in [-0.25, -0.2) is 4.79 Å². The highest BCUT2D eigenvalue weighted by atomic mass is 16.2. The van der Waals surface area contributed by atoms with E-state index < -0.39 is 0 Å². The third-order valence-electron chi connectivity index (χ3n) is 2.85. The zero-order valence-corrected chi connectivity index (χ0v) is 8.63. The van der Waals surface area contributed by atoms with Gasteiger partial charge in [-0.05, 0) is 33.4 Å². The Bertz CT molecular complexity index is 184. The second-order valence-corrected chi connectivity index (χ2v) is 3.69. The van der Waals surface area contributed by atoms with Crippen LogP contribution in [0, 0.1) is 0 Å². The molecule has 4 heteroatoms.